The zero-order chi connectivity index (χ0) is 15.0. The zero-order valence-corrected chi connectivity index (χ0v) is 14.6. The molecular formula is C15H27BrN4. The fourth-order valence-electron chi connectivity index (χ4n) is 1.97. The van der Waals surface area contributed by atoms with E-state index in [2.05, 4.69) is 64.2 Å². The van der Waals surface area contributed by atoms with Crippen LogP contribution in [0.5, 0.6) is 0 Å². The molecule has 0 aliphatic carbocycles. The maximum Gasteiger partial charge on any atom is 0.146 e. The summed E-state index contributed by atoms with van der Waals surface area (Å²) in [5.74, 6) is 2.51. The van der Waals surface area contributed by atoms with E-state index >= 15 is 0 Å². The Balaban J connectivity index is 2.54. The van der Waals surface area contributed by atoms with Crippen LogP contribution in [0.4, 0.5) is 11.6 Å². The van der Waals surface area contributed by atoms with E-state index in [-0.39, 0.29) is 0 Å². The van der Waals surface area contributed by atoms with Gasteiger partial charge in [0.15, 0.2) is 0 Å². The van der Waals surface area contributed by atoms with E-state index in [4.69, 9.17) is 0 Å². The summed E-state index contributed by atoms with van der Waals surface area (Å²) >= 11 is 3.58. The van der Waals surface area contributed by atoms with Gasteiger partial charge in [0.2, 0.25) is 0 Å². The Bertz CT molecular complexity index is 395. The molecule has 1 rings (SSSR count). The van der Waals surface area contributed by atoms with Crippen LogP contribution in [0, 0.1) is 5.92 Å². The van der Waals surface area contributed by atoms with Crippen molar-refractivity contribution in [1.29, 1.82) is 0 Å². The minimum Gasteiger partial charge on any atom is -0.369 e. The monoisotopic (exact) mass is 342 g/mol. The Hall–Kier alpha value is -0.840. The van der Waals surface area contributed by atoms with Gasteiger partial charge < -0.3 is 10.6 Å². The van der Waals surface area contributed by atoms with Gasteiger partial charge in [-0.3, -0.25) is 0 Å². The standard InChI is InChI=1S/C15H27BrN4/c1-5-9-17-14-13(16)15(19-10-18-14)20-12(4)8-6-7-11(2)3/h10-12H,5-9H2,1-4H3,(H2,17,18,19,20). The highest BCUT2D eigenvalue weighted by Crippen LogP contribution is 2.27. The summed E-state index contributed by atoms with van der Waals surface area (Å²) in [5.41, 5.74) is 0. The molecule has 4 nitrogen and oxygen atoms in total. The second-order valence-corrected chi connectivity index (χ2v) is 6.47. The predicted octanol–water partition coefficient (Wildman–Crippen LogP) is 4.69. The van der Waals surface area contributed by atoms with Crippen molar-refractivity contribution in [2.45, 2.75) is 59.4 Å². The van der Waals surface area contributed by atoms with Crippen LogP contribution in [-0.4, -0.2) is 22.6 Å². The molecule has 0 fully saturated rings. The quantitative estimate of drug-likeness (QED) is 0.683. The van der Waals surface area contributed by atoms with E-state index in [1.54, 1.807) is 6.33 Å². The molecule has 5 heteroatoms. The predicted molar refractivity (Wildman–Crippen MR) is 90.3 cm³/mol. The van der Waals surface area contributed by atoms with E-state index in [1.807, 2.05) is 0 Å². The summed E-state index contributed by atoms with van der Waals surface area (Å²) in [6.07, 6.45) is 6.36. The molecule has 0 aromatic carbocycles. The van der Waals surface area contributed by atoms with Crippen molar-refractivity contribution in [2.75, 3.05) is 17.2 Å². The lowest BCUT2D eigenvalue weighted by Crippen LogP contribution is -2.17. The van der Waals surface area contributed by atoms with Gasteiger partial charge in [-0.1, -0.05) is 33.6 Å². The van der Waals surface area contributed by atoms with E-state index in [9.17, 15) is 0 Å². The van der Waals surface area contributed by atoms with Gasteiger partial charge in [-0.2, -0.15) is 0 Å². The molecule has 0 amide bonds. The van der Waals surface area contributed by atoms with Crippen molar-refractivity contribution in [3.05, 3.63) is 10.8 Å². The molecule has 1 atom stereocenters. The minimum absolute atomic E-state index is 0.416. The molecule has 20 heavy (non-hydrogen) atoms. The van der Waals surface area contributed by atoms with Gasteiger partial charge in [0.25, 0.3) is 0 Å². The topological polar surface area (TPSA) is 49.8 Å². The van der Waals surface area contributed by atoms with Gasteiger partial charge in [-0.25, -0.2) is 9.97 Å². The third kappa shape index (κ3) is 6.07. The number of nitrogens with one attached hydrogen (secondary N) is 2. The number of hydrogen-bond acceptors (Lipinski definition) is 4. The number of halogens is 1. The molecule has 1 heterocycles. The summed E-state index contributed by atoms with van der Waals surface area (Å²) in [4.78, 5) is 8.58. The largest absolute Gasteiger partial charge is 0.369 e. The van der Waals surface area contributed by atoms with Gasteiger partial charge in [0.05, 0.1) is 0 Å². The molecule has 0 saturated heterocycles. The summed E-state index contributed by atoms with van der Waals surface area (Å²) < 4.78 is 0.921. The van der Waals surface area contributed by atoms with Crippen molar-refractivity contribution in [1.82, 2.24) is 9.97 Å². The Kier molecular flexibility index (Phi) is 7.88. The zero-order valence-electron chi connectivity index (χ0n) is 13.0. The van der Waals surface area contributed by atoms with Crippen LogP contribution < -0.4 is 10.6 Å². The van der Waals surface area contributed by atoms with Gasteiger partial charge >= 0.3 is 0 Å². The third-order valence-electron chi connectivity index (χ3n) is 3.13. The van der Waals surface area contributed by atoms with E-state index in [1.165, 1.54) is 12.8 Å². The lowest BCUT2D eigenvalue weighted by molar-refractivity contribution is 0.520. The minimum atomic E-state index is 0.416. The molecule has 0 bridgehead atoms. The van der Waals surface area contributed by atoms with Gasteiger partial charge in [-0.05, 0) is 41.6 Å². The summed E-state index contributed by atoms with van der Waals surface area (Å²) in [6, 6.07) is 0.416. The van der Waals surface area contributed by atoms with Crippen LogP contribution in [0.25, 0.3) is 0 Å². The summed E-state index contributed by atoms with van der Waals surface area (Å²) in [5, 5.41) is 6.76. The third-order valence-corrected chi connectivity index (χ3v) is 3.88. The van der Waals surface area contributed by atoms with Crippen LogP contribution in [0.1, 0.15) is 53.4 Å². The summed E-state index contributed by atoms with van der Waals surface area (Å²) in [6.45, 7) is 9.79. The molecule has 0 saturated carbocycles. The molecule has 1 unspecified atom stereocenters. The van der Waals surface area contributed by atoms with Crippen molar-refractivity contribution < 1.29 is 0 Å². The number of hydrogen-bond donors (Lipinski definition) is 2. The van der Waals surface area contributed by atoms with Crippen LogP contribution in [0.15, 0.2) is 10.8 Å². The van der Waals surface area contributed by atoms with Crippen molar-refractivity contribution >= 4 is 27.6 Å². The van der Waals surface area contributed by atoms with Crippen LogP contribution in [0.3, 0.4) is 0 Å². The lowest BCUT2D eigenvalue weighted by Gasteiger charge is -2.17. The van der Waals surface area contributed by atoms with E-state index < -0.39 is 0 Å². The first-order chi connectivity index (χ1) is 9.54. The highest BCUT2D eigenvalue weighted by atomic mass is 79.9. The van der Waals surface area contributed by atoms with Gasteiger partial charge in [0, 0.05) is 12.6 Å². The average molecular weight is 343 g/mol. The molecule has 1 aromatic rings. The lowest BCUT2D eigenvalue weighted by atomic mass is 10.0. The van der Waals surface area contributed by atoms with Crippen LogP contribution in [0.2, 0.25) is 0 Å². The number of rotatable bonds is 9. The molecule has 0 spiro atoms. The molecule has 0 radical (unpaired) electrons. The first kappa shape index (κ1) is 17.2. The Morgan fingerprint density at radius 1 is 1.15 bits per heavy atom. The number of nitrogens with zero attached hydrogens (tertiary/aromatic N) is 2. The SMILES string of the molecule is CCCNc1ncnc(NC(C)CCCC(C)C)c1Br. The molecule has 2 N–H and O–H groups in total. The highest BCUT2D eigenvalue weighted by molar-refractivity contribution is 9.10. The Labute approximate surface area is 131 Å². The second-order valence-electron chi connectivity index (χ2n) is 5.68. The fourth-order valence-corrected chi connectivity index (χ4v) is 2.43. The normalized spacial score (nSPS) is 12.5. The Morgan fingerprint density at radius 2 is 1.85 bits per heavy atom. The van der Waals surface area contributed by atoms with Crippen molar-refractivity contribution in [2.24, 2.45) is 5.92 Å². The van der Waals surface area contributed by atoms with E-state index in [0.717, 1.165) is 41.4 Å². The molecule has 114 valence electrons. The smallest absolute Gasteiger partial charge is 0.146 e. The van der Waals surface area contributed by atoms with Gasteiger partial charge in [-0.15, -0.1) is 0 Å². The second kappa shape index (κ2) is 9.16. The van der Waals surface area contributed by atoms with Crippen molar-refractivity contribution in [3.63, 3.8) is 0 Å². The molecular weight excluding hydrogens is 316 g/mol. The maximum atomic E-state index is 4.32. The summed E-state index contributed by atoms with van der Waals surface area (Å²) in [7, 11) is 0. The molecule has 1 aromatic heterocycles. The highest BCUT2D eigenvalue weighted by Gasteiger charge is 2.10. The molecule has 0 aliphatic rings. The first-order valence-electron chi connectivity index (χ1n) is 7.55. The van der Waals surface area contributed by atoms with Crippen LogP contribution >= 0.6 is 15.9 Å². The number of anilines is 2. The van der Waals surface area contributed by atoms with Gasteiger partial charge in [0.1, 0.15) is 22.4 Å². The average Bonchev–Trinajstić information content (AvgIpc) is 2.39. The van der Waals surface area contributed by atoms with Crippen LogP contribution in [-0.2, 0) is 0 Å². The first-order valence-corrected chi connectivity index (χ1v) is 8.34. The van der Waals surface area contributed by atoms with Crippen molar-refractivity contribution in [3.8, 4) is 0 Å². The number of aromatic nitrogens is 2. The fraction of sp³-hybridized carbons (Fsp3) is 0.733. The van der Waals surface area contributed by atoms with E-state index in [0.29, 0.717) is 6.04 Å². The molecule has 0 aliphatic heterocycles. The maximum absolute atomic E-state index is 4.32. The Morgan fingerprint density at radius 3 is 2.50 bits per heavy atom.